The second-order valence-corrected chi connectivity index (χ2v) is 7.24. The molecule has 1 aromatic heterocycles. The van der Waals surface area contributed by atoms with Crippen LogP contribution in [0.25, 0.3) is 0 Å². The van der Waals surface area contributed by atoms with Gasteiger partial charge in [0.25, 0.3) is 0 Å². The van der Waals surface area contributed by atoms with Crippen molar-refractivity contribution < 1.29 is 0 Å². The number of nitrogens with zero attached hydrogens (tertiary/aromatic N) is 2. The lowest BCUT2D eigenvalue weighted by Gasteiger charge is -2.21. The van der Waals surface area contributed by atoms with Gasteiger partial charge in [0.2, 0.25) is 0 Å². The molecule has 0 saturated heterocycles. The van der Waals surface area contributed by atoms with E-state index in [1.54, 1.807) is 0 Å². The van der Waals surface area contributed by atoms with Crippen LogP contribution in [0.15, 0.2) is 12.3 Å². The van der Waals surface area contributed by atoms with Gasteiger partial charge in [0.15, 0.2) is 0 Å². The van der Waals surface area contributed by atoms with E-state index in [1.165, 1.54) is 63.5 Å². The van der Waals surface area contributed by atoms with Gasteiger partial charge in [-0.2, -0.15) is 5.10 Å². The fourth-order valence-electron chi connectivity index (χ4n) is 3.90. The molecule has 2 aliphatic carbocycles. The monoisotopic (exact) mass is 294 g/mol. The van der Waals surface area contributed by atoms with Gasteiger partial charge >= 0.3 is 0 Å². The van der Waals surface area contributed by atoms with Crippen molar-refractivity contribution in [2.45, 2.75) is 82.0 Å². The topological polar surface area (TPSA) is 17.8 Å². The van der Waals surface area contributed by atoms with Gasteiger partial charge < -0.3 is 0 Å². The Morgan fingerprint density at radius 3 is 2.55 bits per heavy atom. The fraction of sp³-hybridized carbons (Fsp3) is 0.824. The first-order chi connectivity index (χ1) is 9.83. The average molecular weight is 295 g/mol. The summed E-state index contributed by atoms with van der Waals surface area (Å²) < 4.78 is 2.22. The smallest absolute Gasteiger partial charge is 0.0625 e. The molecule has 2 nitrogen and oxygen atoms in total. The summed E-state index contributed by atoms with van der Waals surface area (Å²) in [6, 6.07) is 2.85. The minimum atomic E-state index is 0.359. The van der Waals surface area contributed by atoms with Crippen molar-refractivity contribution >= 4 is 11.6 Å². The van der Waals surface area contributed by atoms with Gasteiger partial charge in [-0.25, -0.2) is 0 Å². The van der Waals surface area contributed by atoms with Gasteiger partial charge in [0.1, 0.15) is 0 Å². The summed E-state index contributed by atoms with van der Waals surface area (Å²) in [5, 5.41) is 5.15. The lowest BCUT2D eigenvalue weighted by atomic mass is 9.96. The Balaban J connectivity index is 1.49. The predicted octanol–water partition coefficient (Wildman–Crippen LogP) is 5.12. The van der Waals surface area contributed by atoms with Crippen molar-refractivity contribution in [2.24, 2.45) is 5.92 Å². The molecule has 1 atom stereocenters. The number of aryl methyl sites for hydroxylation is 1. The molecule has 0 spiro atoms. The van der Waals surface area contributed by atoms with Gasteiger partial charge in [0, 0.05) is 11.6 Å². The second kappa shape index (κ2) is 6.98. The van der Waals surface area contributed by atoms with E-state index in [4.69, 9.17) is 16.7 Å². The molecular weight excluding hydrogens is 268 g/mol. The van der Waals surface area contributed by atoms with Gasteiger partial charge in [-0.3, -0.25) is 4.68 Å². The van der Waals surface area contributed by atoms with Gasteiger partial charge in [0.05, 0.1) is 11.7 Å². The second-order valence-electron chi connectivity index (χ2n) is 6.68. The highest BCUT2D eigenvalue weighted by Gasteiger charge is 2.23. The van der Waals surface area contributed by atoms with Crippen molar-refractivity contribution in [1.29, 1.82) is 0 Å². The molecule has 1 unspecified atom stereocenters. The standard InChI is InChI=1S/C17H27ClN2/c18-17(14-6-4-5-7-14)11-10-15-12-13-20(19-15)16-8-2-1-3-9-16/h12-14,16-17H,1-11H2. The molecular formula is C17H27ClN2. The van der Waals surface area contributed by atoms with Crippen LogP contribution in [-0.4, -0.2) is 15.2 Å². The number of aromatic nitrogens is 2. The van der Waals surface area contributed by atoms with Crippen LogP contribution in [-0.2, 0) is 6.42 Å². The van der Waals surface area contributed by atoms with Crippen LogP contribution in [0.3, 0.4) is 0 Å². The quantitative estimate of drug-likeness (QED) is 0.689. The third-order valence-corrected chi connectivity index (χ3v) is 5.77. The van der Waals surface area contributed by atoms with Crippen LogP contribution >= 0.6 is 11.6 Å². The molecule has 0 aliphatic heterocycles. The number of hydrogen-bond donors (Lipinski definition) is 0. The van der Waals surface area contributed by atoms with Crippen molar-refractivity contribution in [3.63, 3.8) is 0 Å². The van der Waals surface area contributed by atoms with Crippen molar-refractivity contribution in [2.75, 3.05) is 0 Å². The molecule has 3 heteroatoms. The predicted molar refractivity (Wildman–Crippen MR) is 84.3 cm³/mol. The zero-order chi connectivity index (χ0) is 13.8. The zero-order valence-corrected chi connectivity index (χ0v) is 13.2. The molecule has 0 N–H and O–H groups in total. The van der Waals surface area contributed by atoms with Gasteiger partial charge in [-0.1, -0.05) is 32.1 Å². The molecule has 20 heavy (non-hydrogen) atoms. The third-order valence-electron chi connectivity index (χ3n) is 5.20. The SMILES string of the molecule is ClC(CCc1ccn(C2CCCCC2)n1)C1CCCC1. The normalized spacial score (nSPS) is 23.2. The molecule has 1 aromatic rings. The molecule has 0 radical (unpaired) electrons. The maximum atomic E-state index is 6.56. The highest BCUT2D eigenvalue weighted by atomic mass is 35.5. The molecule has 0 amide bonds. The molecule has 2 fully saturated rings. The summed E-state index contributed by atoms with van der Waals surface area (Å²) in [6.07, 6.45) is 16.5. The number of halogens is 1. The first-order valence-electron chi connectivity index (χ1n) is 8.51. The summed E-state index contributed by atoms with van der Waals surface area (Å²) in [5.41, 5.74) is 1.24. The van der Waals surface area contributed by atoms with Crippen LogP contribution in [0.5, 0.6) is 0 Å². The molecule has 0 bridgehead atoms. The van der Waals surface area contributed by atoms with Crippen LogP contribution in [0.4, 0.5) is 0 Å². The Morgan fingerprint density at radius 2 is 1.80 bits per heavy atom. The van der Waals surface area contributed by atoms with Crippen molar-refractivity contribution in [3.05, 3.63) is 18.0 Å². The molecule has 1 heterocycles. The van der Waals surface area contributed by atoms with Gasteiger partial charge in [-0.15, -0.1) is 11.6 Å². The lowest BCUT2D eigenvalue weighted by Crippen LogP contribution is -2.14. The maximum absolute atomic E-state index is 6.56. The highest BCUT2D eigenvalue weighted by molar-refractivity contribution is 6.20. The van der Waals surface area contributed by atoms with E-state index < -0.39 is 0 Å². The Bertz CT molecular complexity index is 403. The van der Waals surface area contributed by atoms with E-state index in [0.717, 1.165) is 18.8 Å². The fourth-order valence-corrected chi connectivity index (χ4v) is 4.26. The van der Waals surface area contributed by atoms with Crippen LogP contribution in [0.1, 0.15) is 75.9 Å². The summed E-state index contributed by atoms with van der Waals surface area (Å²) in [7, 11) is 0. The largest absolute Gasteiger partial charge is 0.269 e. The minimum Gasteiger partial charge on any atom is -0.269 e. The van der Waals surface area contributed by atoms with E-state index in [-0.39, 0.29) is 0 Å². The third kappa shape index (κ3) is 3.58. The Labute approximate surface area is 127 Å². The minimum absolute atomic E-state index is 0.359. The highest BCUT2D eigenvalue weighted by Crippen LogP contribution is 2.32. The summed E-state index contributed by atoms with van der Waals surface area (Å²) in [5.74, 6) is 0.761. The maximum Gasteiger partial charge on any atom is 0.0625 e. The number of alkyl halides is 1. The summed E-state index contributed by atoms with van der Waals surface area (Å²) >= 11 is 6.56. The Hall–Kier alpha value is -0.500. The molecule has 2 saturated carbocycles. The van der Waals surface area contributed by atoms with E-state index in [1.807, 2.05) is 0 Å². The van der Waals surface area contributed by atoms with E-state index in [0.29, 0.717) is 11.4 Å². The van der Waals surface area contributed by atoms with E-state index in [2.05, 4.69) is 16.9 Å². The molecule has 2 aliphatic rings. The summed E-state index contributed by atoms with van der Waals surface area (Å²) in [4.78, 5) is 0. The zero-order valence-electron chi connectivity index (χ0n) is 12.4. The van der Waals surface area contributed by atoms with E-state index >= 15 is 0 Å². The number of hydrogen-bond acceptors (Lipinski definition) is 1. The van der Waals surface area contributed by atoms with Crippen LogP contribution in [0, 0.1) is 5.92 Å². The van der Waals surface area contributed by atoms with Crippen LogP contribution < -0.4 is 0 Å². The summed E-state index contributed by atoms with van der Waals surface area (Å²) in [6.45, 7) is 0. The van der Waals surface area contributed by atoms with Crippen LogP contribution in [0.2, 0.25) is 0 Å². The van der Waals surface area contributed by atoms with Gasteiger partial charge in [-0.05, 0) is 50.5 Å². The van der Waals surface area contributed by atoms with Crippen molar-refractivity contribution in [3.8, 4) is 0 Å². The molecule has 3 rings (SSSR count). The number of rotatable bonds is 5. The Kier molecular flexibility index (Phi) is 5.04. The average Bonchev–Trinajstić information content (AvgIpc) is 3.17. The Morgan fingerprint density at radius 1 is 1.10 bits per heavy atom. The first-order valence-corrected chi connectivity index (χ1v) is 8.94. The first kappa shape index (κ1) is 14.4. The van der Waals surface area contributed by atoms with E-state index in [9.17, 15) is 0 Å². The molecule has 112 valence electrons. The molecule has 0 aromatic carbocycles. The lowest BCUT2D eigenvalue weighted by molar-refractivity contribution is 0.328. The van der Waals surface area contributed by atoms with Crippen molar-refractivity contribution in [1.82, 2.24) is 9.78 Å².